The maximum Gasteiger partial charge on any atom is 0.208 e. The Morgan fingerprint density at radius 1 is 1.42 bits per heavy atom. The molecule has 0 amide bonds. The van der Waals surface area contributed by atoms with E-state index in [2.05, 4.69) is 37.7 Å². The van der Waals surface area contributed by atoms with E-state index >= 15 is 0 Å². The van der Waals surface area contributed by atoms with Gasteiger partial charge in [-0.3, -0.25) is 4.90 Å². The van der Waals surface area contributed by atoms with Crippen molar-refractivity contribution in [1.82, 2.24) is 19.3 Å². The molecule has 3 rings (SSSR count). The summed E-state index contributed by atoms with van der Waals surface area (Å²) >= 11 is 0. The largest absolute Gasteiger partial charge is 0.361 e. The number of aromatic nitrogens is 2. The molecule has 0 fully saturated rings. The highest BCUT2D eigenvalue weighted by Gasteiger charge is 2.22. The molecular weight excluding hydrogens is 328 g/mol. The summed E-state index contributed by atoms with van der Waals surface area (Å²) in [5.74, 6) is 1.19. The molecule has 0 bridgehead atoms. The molecular formula is C16H24N4O3S. The molecule has 0 saturated carbocycles. The molecule has 0 spiro atoms. The van der Waals surface area contributed by atoms with Gasteiger partial charge in [0.15, 0.2) is 0 Å². The van der Waals surface area contributed by atoms with Crippen molar-refractivity contribution in [3.8, 4) is 0 Å². The summed E-state index contributed by atoms with van der Waals surface area (Å²) in [6, 6.07) is 6.16. The van der Waals surface area contributed by atoms with Crippen molar-refractivity contribution in [2.24, 2.45) is 5.92 Å². The van der Waals surface area contributed by atoms with Crippen LogP contribution in [0, 0.1) is 12.8 Å². The second-order valence-corrected chi connectivity index (χ2v) is 8.40. The average Bonchev–Trinajstić information content (AvgIpc) is 3.03. The van der Waals surface area contributed by atoms with Crippen molar-refractivity contribution in [3.63, 3.8) is 0 Å². The second kappa shape index (κ2) is 7.08. The first-order valence-corrected chi connectivity index (χ1v) is 10.0. The molecule has 0 radical (unpaired) electrons. The second-order valence-electron chi connectivity index (χ2n) is 6.57. The number of fused-ring (bicyclic) bond motifs is 1. The van der Waals surface area contributed by atoms with Crippen LogP contribution >= 0.6 is 0 Å². The Hall–Kier alpha value is -1.64. The minimum Gasteiger partial charge on any atom is -0.361 e. The lowest BCUT2D eigenvalue weighted by molar-refractivity contribution is 0.210. The van der Waals surface area contributed by atoms with E-state index in [1.54, 1.807) is 0 Å². The summed E-state index contributed by atoms with van der Waals surface area (Å²) in [6.07, 6.45) is 4.10. The number of hydrogen-bond donors (Lipinski definition) is 1. The Morgan fingerprint density at radius 2 is 2.25 bits per heavy atom. The lowest BCUT2D eigenvalue weighted by atomic mass is 10.1. The predicted octanol–water partition coefficient (Wildman–Crippen LogP) is 1.36. The van der Waals surface area contributed by atoms with Crippen molar-refractivity contribution in [2.45, 2.75) is 33.0 Å². The van der Waals surface area contributed by atoms with E-state index in [-0.39, 0.29) is 0 Å². The van der Waals surface area contributed by atoms with Crippen LogP contribution in [-0.2, 0) is 29.7 Å². The van der Waals surface area contributed by atoms with Gasteiger partial charge in [-0.2, -0.15) is 0 Å². The summed E-state index contributed by atoms with van der Waals surface area (Å²) in [5, 5.41) is 4.09. The van der Waals surface area contributed by atoms with Gasteiger partial charge in [0.25, 0.3) is 0 Å². The van der Waals surface area contributed by atoms with Crippen molar-refractivity contribution >= 4 is 10.0 Å². The highest BCUT2D eigenvalue weighted by Crippen LogP contribution is 2.21. The molecule has 3 heterocycles. The van der Waals surface area contributed by atoms with Crippen LogP contribution in [0.3, 0.4) is 0 Å². The Morgan fingerprint density at radius 3 is 2.96 bits per heavy atom. The topological polar surface area (TPSA) is 80.4 Å². The number of sulfonamides is 1. The molecule has 8 heteroatoms. The van der Waals surface area contributed by atoms with Gasteiger partial charge >= 0.3 is 0 Å². The van der Waals surface area contributed by atoms with Crippen LogP contribution in [0.4, 0.5) is 0 Å². The van der Waals surface area contributed by atoms with Crippen molar-refractivity contribution in [1.29, 1.82) is 0 Å². The molecule has 0 aromatic carbocycles. The Balaban J connectivity index is 1.68. The van der Waals surface area contributed by atoms with Crippen LogP contribution in [0.25, 0.3) is 0 Å². The van der Waals surface area contributed by atoms with Crippen LogP contribution in [0.15, 0.2) is 28.9 Å². The summed E-state index contributed by atoms with van der Waals surface area (Å²) in [7, 11) is -3.14. The van der Waals surface area contributed by atoms with Crippen LogP contribution in [0.2, 0.25) is 0 Å². The average molecular weight is 352 g/mol. The van der Waals surface area contributed by atoms with E-state index in [9.17, 15) is 8.42 Å². The quantitative estimate of drug-likeness (QED) is 0.849. The molecule has 0 saturated heterocycles. The smallest absolute Gasteiger partial charge is 0.208 e. The van der Waals surface area contributed by atoms with Gasteiger partial charge in [-0.1, -0.05) is 5.16 Å². The number of nitrogens with one attached hydrogen (secondary N) is 1. The maximum atomic E-state index is 11.3. The lowest BCUT2D eigenvalue weighted by Gasteiger charge is -2.23. The fourth-order valence-corrected chi connectivity index (χ4v) is 3.73. The van der Waals surface area contributed by atoms with E-state index in [1.165, 1.54) is 11.9 Å². The fourth-order valence-electron chi connectivity index (χ4n) is 3.24. The Labute approximate surface area is 142 Å². The van der Waals surface area contributed by atoms with Gasteiger partial charge in [-0.15, -0.1) is 0 Å². The monoisotopic (exact) mass is 352 g/mol. The zero-order chi connectivity index (χ0) is 17.2. The molecule has 1 aliphatic heterocycles. The molecule has 0 aliphatic carbocycles. The molecule has 0 unspecified atom stereocenters. The summed E-state index contributed by atoms with van der Waals surface area (Å²) in [5.41, 5.74) is 2.20. The van der Waals surface area contributed by atoms with E-state index in [0.717, 1.165) is 44.1 Å². The molecule has 7 nitrogen and oxygen atoms in total. The summed E-state index contributed by atoms with van der Waals surface area (Å²) in [4.78, 5) is 2.35. The Kier molecular flexibility index (Phi) is 5.07. The van der Waals surface area contributed by atoms with Gasteiger partial charge in [0, 0.05) is 50.7 Å². The van der Waals surface area contributed by atoms with Gasteiger partial charge in [0.05, 0.1) is 11.9 Å². The van der Waals surface area contributed by atoms with E-state index in [4.69, 9.17) is 4.52 Å². The zero-order valence-corrected chi connectivity index (χ0v) is 14.9. The number of nitrogens with zero attached hydrogens (tertiary/aromatic N) is 3. The predicted molar refractivity (Wildman–Crippen MR) is 90.7 cm³/mol. The van der Waals surface area contributed by atoms with Gasteiger partial charge in [-0.05, 0) is 31.4 Å². The zero-order valence-electron chi connectivity index (χ0n) is 14.1. The van der Waals surface area contributed by atoms with Crippen LogP contribution < -0.4 is 4.72 Å². The number of aryl methyl sites for hydroxylation is 1. The molecule has 1 N–H and O–H groups in total. The van der Waals surface area contributed by atoms with Gasteiger partial charge in [0.1, 0.15) is 5.76 Å². The minimum absolute atomic E-state index is 0.376. The third-order valence-corrected chi connectivity index (χ3v) is 4.99. The molecule has 132 valence electrons. The SMILES string of the molecule is Cc1cc(CN2Cc3cccn3C[C@H](CCNS(C)(=O)=O)C2)no1. The third kappa shape index (κ3) is 4.68. The van der Waals surface area contributed by atoms with Crippen molar-refractivity contribution < 1.29 is 12.9 Å². The molecule has 1 atom stereocenters. The standard InChI is InChI=1S/C16H24N4O3S/c1-13-8-15(18-23-13)11-19-9-14(5-6-17-24(2,21)22)10-20-7-3-4-16(20)12-19/h3-4,7-8,14,17H,5-6,9-12H2,1-2H3/t14-/m1/s1. The molecule has 1 aliphatic rings. The third-order valence-electron chi connectivity index (χ3n) is 4.26. The first kappa shape index (κ1) is 17.2. The van der Waals surface area contributed by atoms with Crippen molar-refractivity contribution in [2.75, 3.05) is 19.3 Å². The van der Waals surface area contributed by atoms with Crippen molar-refractivity contribution in [3.05, 3.63) is 41.5 Å². The normalized spacial score (nSPS) is 19.2. The summed E-state index contributed by atoms with van der Waals surface area (Å²) < 4.78 is 32.5. The highest BCUT2D eigenvalue weighted by molar-refractivity contribution is 7.88. The van der Waals surface area contributed by atoms with Crippen LogP contribution in [0.5, 0.6) is 0 Å². The van der Waals surface area contributed by atoms with Gasteiger partial charge in [-0.25, -0.2) is 13.1 Å². The van der Waals surface area contributed by atoms with Crippen LogP contribution in [-0.4, -0.2) is 42.4 Å². The van der Waals surface area contributed by atoms with Gasteiger partial charge in [0.2, 0.25) is 10.0 Å². The Bertz CT molecular complexity index is 781. The number of rotatable bonds is 6. The van der Waals surface area contributed by atoms with E-state index in [1.807, 2.05) is 13.0 Å². The molecule has 24 heavy (non-hydrogen) atoms. The maximum absolute atomic E-state index is 11.3. The minimum atomic E-state index is -3.14. The van der Waals surface area contributed by atoms with Gasteiger partial charge < -0.3 is 9.09 Å². The molecule has 2 aromatic rings. The molecule has 2 aromatic heterocycles. The number of hydrogen-bond acceptors (Lipinski definition) is 5. The van der Waals surface area contributed by atoms with E-state index < -0.39 is 10.0 Å². The fraction of sp³-hybridized carbons (Fsp3) is 0.562. The lowest BCUT2D eigenvalue weighted by Crippen LogP contribution is -2.31. The highest BCUT2D eigenvalue weighted by atomic mass is 32.2. The first-order chi connectivity index (χ1) is 11.4. The summed E-state index contributed by atoms with van der Waals surface area (Å²) in [6.45, 7) is 5.76. The first-order valence-electron chi connectivity index (χ1n) is 8.12. The van der Waals surface area contributed by atoms with E-state index in [0.29, 0.717) is 12.5 Å². The van der Waals surface area contributed by atoms with Crippen LogP contribution in [0.1, 0.15) is 23.6 Å².